The van der Waals surface area contributed by atoms with Gasteiger partial charge in [-0.15, -0.1) is 10.2 Å². The highest BCUT2D eigenvalue weighted by molar-refractivity contribution is 8.00. The van der Waals surface area contributed by atoms with Crippen molar-refractivity contribution in [2.45, 2.75) is 36.3 Å². The van der Waals surface area contributed by atoms with E-state index in [-0.39, 0.29) is 17.1 Å². The molecule has 24 heavy (non-hydrogen) atoms. The SMILES string of the molecule is CSc1nnc2n1N=C(c1ccc(NC(=O)C(C)C)cc1)C(C)S2. The second-order valence-corrected chi connectivity index (χ2v) is 7.83. The smallest absolute Gasteiger partial charge is 0.226 e. The first-order chi connectivity index (χ1) is 11.5. The van der Waals surface area contributed by atoms with Crippen LogP contribution >= 0.6 is 23.5 Å². The van der Waals surface area contributed by atoms with Crippen molar-refractivity contribution in [3.8, 4) is 0 Å². The zero-order chi connectivity index (χ0) is 17.3. The van der Waals surface area contributed by atoms with Gasteiger partial charge in [0.2, 0.25) is 16.2 Å². The number of anilines is 1. The Morgan fingerprint density at radius 3 is 2.62 bits per heavy atom. The topological polar surface area (TPSA) is 72.2 Å². The molecule has 0 fully saturated rings. The van der Waals surface area contributed by atoms with Crippen LogP contribution < -0.4 is 5.32 Å². The second kappa shape index (κ2) is 6.98. The van der Waals surface area contributed by atoms with E-state index in [2.05, 4.69) is 22.4 Å². The van der Waals surface area contributed by atoms with Crippen LogP contribution in [0.4, 0.5) is 5.69 Å². The molecule has 1 unspecified atom stereocenters. The number of carbonyl (C=O) groups excluding carboxylic acids is 1. The van der Waals surface area contributed by atoms with Crippen molar-refractivity contribution >= 4 is 40.8 Å². The van der Waals surface area contributed by atoms with Crippen LogP contribution in [-0.2, 0) is 4.79 Å². The van der Waals surface area contributed by atoms with Gasteiger partial charge in [-0.25, -0.2) is 0 Å². The number of hydrogen-bond donors (Lipinski definition) is 1. The summed E-state index contributed by atoms with van der Waals surface area (Å²) < 4.78 is 1.79. The van der Waals surface area contributed by atoms with Crippen LogP contribution in [-0.4, -0.2) is 38.0 Å². The third-order valence-corrected chi connectivity index (χ3v) is 5.28. The molecule has 1 amide bonds. The van der Waals surface area contributed by atoms with Crippen molar-refractivity contribution in [1.29, 1.82) is 0 Å². The summed E-state index contributed by atoms with van der Waals surface area (Å²) in [6, 6.07) is 7.79. The van der Waals surface area contributed by atoms with E-state index in [0.717, 1.165) is 27.3 Å². The van der Waals surface area contributed by atoms with Crippen molar-refractivity contribution in [2.24, 2.45) is 11.0 Å². The third kappa shape index (κ3) is 3.34. The van der Waals surface area contributed by atoms with Crippen molar-refractivity contribution in [3.63, 3.8) is 0 Å². The number of rotatable bonds is 4. The maximum Gasteiger partial charge on any atom is 0.226 e. The molecule has 6 nitrogen and oxygen atoms in total. The number of aromatic nitrogens is 3. The van der Waals surface area contributed by atoms with Crippen LogP contribution in [0.1, 0.15) is 26.3 Å². The van der Waals surface area contributed by atoms with E-state index >= 15 is 0 Å². The summed E-state index contributed by atoms with van der Waals surface area (Å²) in [5, 5.41) is 17.7. The lowest BCUT2D eigenvalue weighted by atomic mass is 10.1. The van der Waals surface area contributed by atoms with Gasteiger partial charge in [-0.1, -0.05) is 49.5 Å². The molecule has 1 aromatic heterocycles. The van der Waals surface area contributed by atoms with E-state index in [1.807, 2.05) is 44.4 Å². The predicted molar refractivity (Wildman–Crippen MR) is 99.0 cm³/mol. The number of nitrogens with zero attached hydrogens (tertiary/aromatic N) is 4. The molecule has 0 bridgehead atoms. The van der Waals surface area contributed by atoms with Gasteiger partial charge in [0.15, 0.2) is 0 Å². The number of nitrogens with one attached hydrogen (secondary N) is 1. The lowest BCUT2D eigenvalue weighted by Gasteiger charge is -2.19. The summed E-state index contributed by atoms with van der Waals surface area (Å²) in [4.78, 5) is 11.8. The molecule has 2 aromatic rings. The molecule has 1 aromatic carbocycles. The minimum absolute atomic E-state index is 0.0143. The maximum atomic E-state index is 11.8. The lowest BCUT2D eigenvalue weighted by Crippen LogP contribution is -2.22. The zero-order valence-electron chi connectivity index (χ0n) is 14.0. The van der Waals surface area contributed by atoms with Gasteiger partial charge in [0.1, 0.15) is 0 Å². The van der Waals surface area contributed by atoms with E-state index in [4.69, 9.17) is 5.10 Å². The first kappa shape index (κ1) is 17.0. The van der Waals surface area contributed by atoms with Crippen LogP contribution in [0.2, 0.25) is 0 Å². The van der Waals surface area contributed by atoms with E-state index in [0.29, 0.717) is 0 Å². The molecule has 3 rings (SSSR count). The van der Waals surface area contributed by atoms with Crippen molar-refractivity contribution < 1.29 is 4.79 Å². The van der Waals surface area contributed by atoms with E-state index in [9.17, 15) is 4.79 Å². The molecule has 8 heteroatoms. The van der Waals surface area contributed by atoms with Gasteiger partial charge >= 0.3 is 0 Å². The summed E-state index contributed by atoms with van der Waals surface area (Å²) in [6.07, 6.45) is 1.96. The fourth-order valence-electron chi connectivity index (χ4n) is 2.24. The van der Waals surface area contributed by atoms with E-state index < -0.39 is 0 Å². The lowest BCUT2D eigenvalue weighted by molar-refractivity contribution is -0.118. The Hall–Kier alpha value is -1.80. The number of thioether (sulfide) groups is 2. The highest BCUT2D eigenvalue weighted by Crippen LogP contribution is 2.32. The number of hydrogen-bond acceptors (Lipinski definition) is 6. The average Bonchev–Trinajstić information content (AvgIpc) is 2.96. The van der Waals surface area contributed by atoms with Crippen molar-refractivity contribution in [3.05, 3.63) is 29.8 Å². The third-order valence-electron chi connectivity index (χ3n) is 3.61. The van der Waals surface area contributed by atoms with Crippen molar-refractivity contribution in [1.82, 2.24) is 14.9 Å². The molecule has 2 heterocycles. The number of benzene rings is 1. The molecule has 0 spiro atoms. The fraction of sp³-hybridized carbons (Fsp3) is 0.375. The average molecular weight is 361 g/mol. The number of carbonyl (C=O) groups is 1. The Bertz CT molecular complexity index is 782. The molecule has 1 aliphatic rings. The fourth-order valence-corrected chi connectivity index (χ4v) is 3.65. The number of amides is 1. The summed E-state index contributed by atoms with van der Waals surface area (Å²) in [6.45, 7) is 5.85. The molecule has 126 valence electrons. The molecule has 0 aliphatic carbocycles. The van der Waals surface area contributed by atoms with Gasteiger partial charge in [0, 0.05) is 11.6 Å². The van der Waals surface area contributed by atoms with Gasteiger partial charge < -0.3 is 5.32 Å². The van der Waals surface area contributed by atoms with Crippen molar-refractivity contribution in [2.75, 3.05) is 11.6 Å². The maximum absolute atomic E-state index is 11.8. The Morgan fingerprint density at radius 1 is 1.29 bits per heavy atom. The highest BCUT2D eigenvalue weighted by atomic mass is 32.2. The van der Waals surface area contributed by atoms with Gasteiger partial charge in [-0.05, 0) is 30.9 Å². The molecule has 1 atom stereocenters. The van der Waals surface area contributed by atoms with Crippen LogP contribution in [0.25, 0.3) is 0 Å². The van der Waals surface area contributed by atoms with E-state index in [1.165, 1.54) is 11.8 Å². The van der Waals surface area contributed by atoms with Gasteiger partial charge in [-0.2, -0.15) is 9.78 Å². The standard InChI is InChI=1S/C16H19N5OS2/c1-9(2)14(22)17-12-7-5-11(6-8-12)13-10(3)24-16-19-18-15(23-4)21(16)20-13/h5-10H,1-4H3,(H,17,22). The van der Waals surface area contributed by atoms with E-state index in [1.54, 1.807) is 16.4 Å². The molecular weight excluding hydrogens is 342 g/mol. The van der Waals surface area contributed by atoms with Crippen LogP contribution in [0.3, 0.4) is 0 Å². The summed E-state index contributed by atoms with van der Waals surface area (Å²) in [7, 11) is 0. The monoisotopic (exact) mass is 361 g/mol. The molecule has 0 saturated carbocycles. The molecule has 0 radical (unpaired) electrons. The van der Waals surface area contributed by atoms with Gasteiger partial charge in [0.25, 0.3) is 0 Å². The first-order valence-electron chi connectivity index (χ1n) is 7.66. The minimum atomic E-state index is -0.0408. The predicted octanol–water partition coefficient (Wildman–Crippen LogP) is 3.34. The quantitative estimate of drug-likeness (QED) is 0.846. The van der Waals surface area contributed by atoms with Crippen LogP contribution in [0.5, 0.6) is 0 Å². The molecule has 0 saturated heterocycles. The second-order valence-electron chi connectivity index (χ2n) is 5.75. The molecule has 1 N–H and O–H groups in total. The van der Waals surface area contributed by atoms with Crippen LogP contribution in [0, 0.1) is 5.92 Å². The Kier molecular flexibility index (Phi) is 4.96. The molecular formula is C16H19N5OS2. The van der Waals surface area contributed by atoms with Crippen LogP contribution in [0.15, 0.2) is 39.7 Å². The first-order valence-corrected chi connectivity index (χ1v) is 9.76. The highest BCUT2D eigenvalue weighted by Gasteiger charge is 2.25. The summed E-state index contributed by atoms with van der Waals surface area (Å²) in [5.74, 6) is -0.0265. The number of fused-ring (bicyclic) bond motifs is 1. The summed E-state index contributed by atoms with van der Waals surface area (Å²) >= 11 is 3.17. The Balaban J connectivity index is 1.87. The Labute approximate surface area is 149 Å². The normalized spacial score (nSPS) is 16.7. The van der Waals surface area contributed by atoms with Gasteiger partial charge in [0.05, 0.1) is 11.0 Å². The zero-order valence-corrected chi connectivity index (χ0v) is 15.6. The molecule has 1 aliphatic heterocycles. The Morgan fingerprint density at radius 2 is 2.00 bits per heavy atom. The minimum Gasteiger partial charge on any atom is -0.326 e. The van der Waals surface area contributed by atoms with Gasteiger partial charge in [-0.3, -0.25) is 4.79 Å². The largest absolute Gasteiger partial charge is 0.326 e. The summed E-state index contributed by atoms with van der Waals surface area (Å²) in [5.41, 5.74) is 2.80.